The second-order valence-corrected chi connectivity index (χ2v) is 5.42. The Morgan fingerprint density at radius 2 is 2.00 bits per heavy atom. The van der Waals surface area contributed by atoms with Crippen molar-refractivity contribution in [2.24, 2.45) is 5.41 Å². The second kappa shape index (κ2) is 6.17. The number of nitro groups is 1. The molecule has 1 atom stereocenters. The molecule has 0 aliphatic rings. The van der Waals surface area contributed by atoms with E-state index in [2.05, 4.69) is 36.4 Å². The van der Waals surface area contributed by atoms with Crippen molar-refractivity contribution in [2.45, 2.75) is 33.7 Å². The average molecular weight is 264 g/mol. The molecule has 19 heavy (non-hydrogen) atoms. The Bertz CT molecular complexity index is 451. The molecule has 0 aliphatic carbocycles. The van der Waals surface area contributed by atoms with Gasteiger partial charge < -0.3 is 10.6 Å². The van der Waals surface area contributed by atoms with E-state index in [1.165, 1.54) is 0 Å². The van der Waals surface area contributed by atoms with Crippen LogP contribution in [0.5, 0.6) is 0 Å². The van der Waals surface area contributed by atoms with Crippen LogP contribution in [0.4, 0.5) is 5.69 Å². The lowest BCUT2D eigenvalue weighted by atomic mass is 9.88. The van der Waals surface area contributed by atoms with Gasteiger partial charge >= 0.3 is 0 Å². The Morgan fingerprint density at radius 1 is 1.42 bits per heavy atom. The van der Waals surface area contributed by atoms with Crippen molar-refractivity contribution in [3.05, 3.63) is 46.7 Å². The van der Waals surface area contributed by atoms with Crippen molar-refractivity contribution in [3.63, 3.8) is 0 Å². The molecular formula is C13H20N4O2. The van der Waals surface area contributed by atoms with E-state index in [0.29, 0.717) is 5.82 Å². The molecule has 0 saturated carbocycles. The molecule has 1 aromatic rings. The third-order valence-corrected chi connectivity index (χ3v) is 2.86. The summed E-state index contributed by atoms with van der Waals surface area (Å²) in [6.45, 7) is 8.20. The van der Waals surface area contributed by atoms with Gasteiger partial charge in [0.25, 0.3) is 6.20 Å². The number of rotatable bonds is 5. The van der Waals surface area contributed by atoms with Crippen LogP contribution in [-0.2, 0) is 0 Å². The van der Waals surface area contributed by atoms with Gasteiger partial charge in [-0.3, -0.25) is 15.1 Å². The summed E-state index contributed by atoms with van der Waals surface area (Å²) in [5.74, 6) is 0.360. The Hall–Kier alpha value is -2.11. The maximum absolute atomic E-state index is 10.7. The summed E-state index contributed by atoms with van der Waals surface area (Å²) in [6, 6.07) is 3.57. The summed E-state index contributed by atoms with van der Waals surface area (Å²) < 4.78 is 0. The van der Waals surface area contributed by atoms with Gasteiger partial charge in [-0.2, -0.15) is 0 Å². The van der Waals surface area contributed by atoms with Gasteiger partial charge in [0.15, 0.2) is 5.82 Å². The van der Waals surface area contributed by atoms with E-state index in [1.54, 1.807) is 24.5 Å². The lowest BCUT2D eigenvalue weighted by Gasteiger charge is -2.29. The largest absolute Gasteiger partial charge is 0.363 e. The smallest absolute Gasteiger partial charge is 0.274 e. The van der Waals surface area contributed by atoms with Gasteiger partial charge in [0.2, 0.25) is 0 Å². The van der Waals surface area contributed by atoms with Crippen molar-refractivity contribution in [1.29, 1.82) is 0 Å². The van der Waals surface area contributed by atoms with Crippen LogP contribution >= 0.6 is 0 Å². The number of hydrogen-bond acceptors (Lipinski definition) is 5. The van der Waals surface area contributed by atoms with Crippen LogP contribution in [0, 0.1) is 15.5 Å². The van der Waals surface area contributed by atoms with E-state index in [9.17, 15) is 10.1 Å². The predicted octanol–water partition coefficient (Wildman–Crippen LogP) is 2.59. The number of nitrogens with zero attached hydrogens (tertiary/aromatic N) is 2. The highest BCUT2D eigenvalue weighted by molar-refractivity contribution is 5.45. The van der Waals surface area contributed by atoms with Crippen molar-refractivity contribution in [1.82, 2.24) is 10.3 Å². The third-order valence-electron chi connectivity index (χ3n) is 2.86. The highest BCUT2D eigenvalue weighted by Crippen LogP contribution is 2.20. The molecule has 1 rings (SSSR count). The summed E-state index contributed by atoms with van der Waals surface area (Å²) in [5, 5.41) is 16.8. The molecule has 0 saturated heterocycles. The molecule has 2 N–H and O–H groups in total. The Morgan fingerprint density at radius 3 is 2.47 bits per heavy atom. The van der Waals surface area contributed by atoms with Gasteiger partial charge in [-0.25, -0.2) is 0 Å². The summed E-state index contributed by atoms with van der Waals surface area (Å²) in [5.41, 5.74) is 0.743. The van der Waals surface area contributed by atoms with E-state index in [1.807, 2.05) is 6.92 Å². The molecule has 104 valence electrons. The minimum Gasteiger partial charge on any atom is -0.363 e. The van der Waals surface area contributed by atoms with E-state index in [0.717, 1.165) is 11.9 Å². The van der Waals surface area contributed by atoms with Gasteiger partial charge in [0.1, 0.15) is 0 Å². The quantitative estimate of drug-likeness (QED) is 0.631. The number of aromatic nitrogens is 1. The molecule has 0 radical (unpaired) electrons. The van der Waals surface area contributed by atoms with Crippen LogP contribution in [0.15, 0.2) is 36.5 Å². The number of anilines is 1. The van der Waals surface area contributed by atoms with Crippen molar-refractivity contribution >= 4 is 5.69 Å². The SMILES string of the molecule is C[C@H](N/C(=C\[N+](=O)[O-])Nc1ccncc1)C(C)(C)C. The minimum absolute atomic E-state index is 0.00435. The molecule has 1 aromatic heterocycles. The first-order chi connectivity index (χ1) is 8.79. The maximum atomic E-state index is 10.7. The summed E-state index contributed by atoms with van der Waals surface area (Å²) in [7, 11) is 0. The van der Waals surface area contributed by atoms with E-state index in [4.69, 9.17) is 0 Å². The van der Waals surface area contributed by atoms with E-state index < -0.39 is 4.92 Å². The molecular weight excluding hydrogens is 244 g/mol. The Balaban J connectivity index is 2.82. The second-order valence-electron chi connectivity index (χ2n) is 5.42. The van der Waals surface area contributed by atoms with Gasteiger partial charge in [-0.1, -0.05) is 20.8 Å². The molecule has 0 spiro atoms. The number of hydrogen-bond donors (Lipinski definition) is 2. The first-order valence-corrected chi connectivity index (χ1v) is 6.08. The average Bonchev–Trinajstić information content (AvgIpc) is 2.28. The van der Waals surface area contributed by atoms with Crippen LogP contribution in [0.1, 0.15) is 27.7 Å². The first kappa shape index (κ1) is 14.9. The van der Waals surface area contributed by atoms with E-state index in [-0.39, 0.29) is 11.5 Å². The molecule has 0 fully saturated rings. The fourth-order valence-corrected chi connectivity index (χ4v) is 1.25. The normalized spacial score (nSPS) is 13.8. The zero-order valence-corrected chi connectivity index (χ0v) is 11.7. The fraction of sp³-hybridized carbons (Fsp3) is 0.462. The Kier molecular flexibility index (Phi) is 4.86. The van der Waals surface area contributed by atoms with Crippen molar-refractivity contribution in [3.8, 4) is 0 Å². The van der Waals surface area contributed by atoms with Crippen LogP contribution in [0.2, 0.25) is 0 Å². The van der Waals surface area contributed by atoms with Crippen molar-refractivity contribution in [2.75, 3.05) is 5.32 Å². The molecule has 6 nitrogen and oxygen atoms in total. The molecule has 6 heteroatoms. The minimum atomic E-state index is -0.480. The number of nitrogens with one attached hydrogen (secondary N) is 2. The zero-order valence-electron chi connectivity index (χ0n) is 11.7. The van der Waals surface area contributed by atoms with Crippen LogP contribution in [0.3, 0.4) is 0 Å². The predicted molar refractivity (Wildman–Crippen MR) is 75.0 cm³/mol. The standard InChI is InChI=1S/C13H20N4O2/c1-10(13(2,3)4)15-12(9-17(18)19)16-11-5-7-14-8-6-11/h5-10,15H,1-4H3,(H,14,16)/b12-9+/t10-/m0/s1. The van der Waals surface area contributed by atoms with Crippen LogP contribution < -0.4 is 10.6 Å². The first-order valence-electron chi connectivity index (χ1n) is 6.08. The molecule has 0 bridgehead atoms. The summed E-state index contributed by atoms with van der Waals surface area (Å²) >= 11 is 0. The van der Waals surface area contributed by atoms with Gasteiger partial charge in [-0.05, 0) is 24.5 Å². The summed E-state index contributed by atoms with van der Waals surface area (Å²) in [6.07, 6.45) is 4.18. The lowest BCUT2D eigenvalue weighted by molar-refractivity contribution is -0.403. The molecule has 0 unspecified atom stereocenters. The summed E-state index contributed by atoms with van der Waals surface area (Å²) in [4.78, 5) is 14.1. The highest BCUT2D eigenvalue weighted by atomic mass is 16.6. The van der Waals surface area contributed by atoms with Crippen LogP contribution in [-0.4, -0.2) is 15.9 Å². The van der Waals surface area contributed by atoms with E-state index >= 15 is 0 Å². The third kappa shape index (κ3) is 5.37. The highest BCUT2D eigenvalue weighted by Gasteiger charge is 2.21. The fourth-order valence-electron chi connectivity index (χ4n) is 1.25. The van der Waals surface area contributed by atoms with Crippen LogP contribution in [0.25, 0.3) is 0 Å². The lowest BCUT2D eigenvalue weighted by Crippen LogP contribution is -2.39. The van der Waals surface area contributed by atoms with Gasteiger partial charge in [-0.15, -0.1) is 0 Å². The Labute approximate surface area is 113 Å². The van der Waals surface area contributed by atoms with Gasteiger partial charge in [0, 0.05) is 24.1 Å². The van der Waals surface area contributed by atoms with Crippen molar-refractivity contribution < 1.29 is 4.92 Å². The molecule has 0 aromatic carbocycles. The zero-order chi connectivity index (χ0) is 14.5. The molecule has 0 aliphatic heterocycles. The molecule has 0 amide bonds. The van der Waals surface area contributed by atoms with Gasteiger partial charge in [0.05, 0.1) is 4.92 Å². The number of pyridine rings is 1. The molecule has 1 heterocycles. The topological polar surface area (TPSA) is 80.1 Å². The monoisotopic (exact) mass is 264 g/mol. The maximum Gasteiger partial charge on any atom is 0.274 e.